The highest BCUT2D eigenvalue weighted by Gasteiger charge is 2.56. The van der Waals surface area contributed by atoms with E-state index < -0.39 is 0 Å². The Hall–Kier alpha value is -0.0800. The molecule has 0 heterocycles. The molecule has 122 valence electrons. The Kier molecular flexibility index (Phi) is 4.40. The highest BCUT2D eigenvalue weighted by molar-refractivity contribution is 5.04. The molecular weight excluding hydrogens is 260 g/mol. The number of hydrogen-bond donors (Lipinski definition) is 2. The van der Waals surface area contributed by atoms with Crippen molar-refractivity contribution in [3.05, 3.63) is 0 Å². The minimum absolute atomic E-state index is 0.135. The average molecular weight is 294 g/mol. The van der Waals surface area contributed by atoms with E-state index in [0.717, 1.165) is 24.7 Å². The summed E-state index contributed by atoms with van der Waals surface area (Å²) >= 11 is 0. The fourth-order valence-corrected chi connectivity index (χ4v) is 6.73. The van der Waals surface area contributed by atoms with Crippen LogP contribution >= 0.6 is 0 Å². The van der Waals surface area contributed by atoms with Crippen LogP contribution in [0.3, 0.4) is 0 Å². The summed E-state index contributed by atoms with van der Waals surface area (Å²) in [5.41, 5.74) is 0. The molecule has 3 rings (SSSR count). The monoisotopic (exact) mass is 294 g/mol. The summed E-state index contributed by atoms with van der Waals surface area (Å²) in [4.78, 5) is 0. The third-order valence-corrected chi connectivity index (χ3v) is 7.75. The van der Waals surface area contributed by atoms with Crippen LogP contribution in [0.4, 0.5) is 0 Å². The summed E-state index contributed by atoms with van der Waals surface area (Å²) in [5, 5.41) is 21.5. The van der Waals surface area contributed by atoms with E-state index in [1.807, 2.05) is 0 Å². The quantitative estimate of drug-likeness (QED) is 0.774. The van der Waals surface area contributed by atoms with Gasteiger partial charge in [-0.1, -0.05) is 34.1 Å². The first-order valence-electron chi connectivity index (χ1n) is 9.33. The van der Waals surface area contributed by atoms with Crippen LogP contribution in [0, 0.1) is 47.3 Å². The Labute approximate surface area is 130 Å². The third-order valence-electron chi connectivity index (χ3n) is 7.75. The Balaban J connectivity index is 1.91. The van der Waals surface area contributed by atoms with Crippen molar-refractivity contribution in [2.24, 2.45) is 47.3 Å². The zero-order valence-corrected chi connectivity index (χ0v) is 14.2. The Bertz CT molecular complexity index is 369. The van der Waals surface area contributed by atoms with E-state index in [9.17, 15) is 10.2 Å². The van der Waals surface area contributed by atoms with Gasteiger partial charge >= 0.3 is 0 Å². The van der Waals surface area contributed by atoms with E-state index >= 15 is 0 Å². The van der Waals surface area contributed by atoms with Gasteiger partial charge in [-0.25, -0.2) is 0 Å². The molecule has 2 heteroatoms. The Morgan fingerprint density at radius 1 is 0.810 bits per heavy atom. The molecule has 10 unspecified atom stereocenters. The molecule has 2 N–H and O–H groups in total. The van der Waals surface area contributed by atoms with Crippen LogP contribution in [-0.4, -0.2) is 22.4 Å². The van der Waals surface area contributed by atoms with Crippen LogP contribution in [-0.2, 0) is 0 Å². The van der Waals surface area contributed by atoms with Crippen molar-refractivity contribution in [3.8, 4) is 0 Å². The van der Waals surface area contributed by atoms with Crippen LogP contribution in [0.5, 0.6) is 0 Å². The molecule has 2 nitrogen and oxygen atoms in total. The molecule has 0 radical (unpaired) electrons. The van der Waals surface area contributed by atoms with Crippen LogP contribution in [0.1, 0.15) is 59.8 Å². The standard InChI is InChI=1S/C19H34O2/c1-5-13-7-8-14-17(11(13)3)12(4)16-10(2)6-9-15(20)18(16)19(14)21/h10-21H,5-9H2,1-4H3. The van der Waals surface area contributed by atoms with Crippen LogP contribution in [0.25, 0.3) is 0 Å². The zero-order valence-electron chi connectivity index (χ0n) is 14.2. The van der Waals surface area contributed by atoms with Gasteiger partial charge in [0.1, 0.15) is 0 Å². The van der Waals surface area contributed by atoms with E-state index in [1.54, 1.807) is 0 Å². The Morgan fingerprint density at radius 2 is 1.52 bits per heavy atom. The maximum atomic E-state index is 11.0. The minimum Gasteiger partial charge on any atom is -0.393 e. The average Bonchev–Trinajstić information content (AvgIpc) is 2.46. The van der Waals surface area contributed by atoms with Crippen molar-refractivity contribution in [2.75, 3.05) is 0 Å². The van der Waals surface area contributed by atoms with E-state index in [1.165, 1.54) is 19.3 Å². The fourth-order valence-electron chi connectivity index (χ4n) is 6.73. The molecule has 0 saturated heterocycles. The SMILES string of the molecule is CCC1CCC2C(O)C3C(O)CCC(C)C3C(C)C2C1C. The van der Waals surface area contributed by atoms with Crippen LogP contribution in [0.15, 0.2) is 0 Å². The van der Waals surface area contributed by atoms with Crippen molar-refractivity contribution in [1.29, 1.82) is 0 Å². The summed E-state index contributed by atoms with van der Waals surface area (Å²) in [6.45, 7) is 9.52. The van der Waals surface area contributed by atoms with Gasteiger partial charge in [-0.05, 0) is 67.1 Å². The normalized spacial score (nSPS) is 57.4. The smallest absolute Gasteiger partial charge is 0.0626 e. The first kappa shape index (κ1) is 15.8. The van der Waals surface area contributed by atoms with Gasteiger partial charge in [-0.15, -0.1) is 0 Å². The predicted octanol–water partition coefficient (Wildman–Crippen LogP) is 3.71. The molecule has 0 aromatic carbocycles. The second-order valence-corrected chi connectivity index (χ2v) is 8.47. The van der Waals surface area contributed by atoms with Crippen molar-refractivity contribution in [1.82, 2.24) is 0 Å². The summed E-state index contributed by atoms with van der Waals surface area (Å²) in [6.07, 6.45) is 5.19. The highest BCUT2D eigenvalue weighted by Crippen LogP contribution is 2.57. The number of rotatable bonds is 1. The van der Waals surface area contributed by atoms with Gasteiger partial charge in [0.05, 0.1) is 12.2 Å². The largest absolute Gasteiger partial charge is 0.393 e. The van der Waals surface area contributed by atoms with Gasteiger partial charge < -0.3 is 10.2 Å². The minimum atomic E-state index is -0.274. The summed E-state index contributed by atoms with van der Waals surface area (Å²) in [7, 11) is 0. The molecular formula is C19H34O2. The van der Waals surface area contributed by atoms with E-state index in [2.05, 4.69) is 27.7 Å². The molecule has 0 amide bonds. The summed E-state index contributed by atoms with van der Waals surface area (Å²) in [6, 6.07) is 0. The maximum absolute atomic E-state index is 11.0. The van der Waals surface area contributed by atoms with Gasteiger partial charge in [0.25, 0.3) is 0 Å². The lowest BCUT2D eigenvalue weighted by atomic mass is 9.48. The third kappa shape index (κ3) is 2.37. The van der Waals surface area contributed by atoms with Crippen molar-refractivity contribution in [3.63, 3.8) is 0 Å². The molecule has 0 bridgehead atoms. The van der Waals surface area contributed by atoms with Gasteiger partial charge in [-0.3, -0.25) is 0 Å². The predicted molar refractivity (Wildman–Crippen MR) is 85.7 cm³/mol. The lowest BCUT2D eigenvalue weighted by molar-refractivity contribution is -0.176. The number of hydrogen-bond acceptors (Lipinski definition) is 2. The first-order valence-corrected chi connectivity index (χ1v) is 9.33. The van der Waals surface area contributed by atoms with E-state index in [4.69, 9.17) is 0 Å². The molecule has 3 fully saturated rings. The molecule has 3 aliphatic carbocycles. The summed E-state index contributed by atoms with van der Waals surface area (Å²) in [5.74, 6) is 4.60. The van der Waals surface area contributed by atoms with Crippen molar-refractivity contribution < 1.29 is 10.2 Å². The molecule has 0 aromatic heterocycles. The van der Waals surface area contributed by atoms with Crippen LogP contribution < -0.4 is 0 Å². The highest BCUT2D eigenvalue weighted by atomic mass is 16.3. The molecule has 10 atom stereocenters. The molecule has 0 aromatic rings. The molecule has 3 aliphatic rings. The van der Waals surface area contributed by atoms with Gasteiger partial charge in [0.2, 0.25) is 0 Å². The lowest BCUT2D eigenvalue weighted by Gasteiger charge is -2.59. The summed E-state index contributed by atoms with van der Waals surface area (Å²) < 4.78 is 0. The topological polar surface area (TPSA) is 40.5 Å². The van der Waals surface area contributed by atoms with E-state index in [0.29, 0.717) is 29.6 Å². The van der Waals surface area contributed by atoms with Gasteiger partial charge in [0.15, 0.2) is 0 Å². The zero-order chi connectivity index (χ0) is 15.3. The fraction of sp³-hybridized carbons (Fsp3) is 1.00. The van der Waals surface area contributed by atoms with Crippen LogP contribution in [0.2, 0.25) is 0 Å². The second kappa shape index (κ2) is 5.85. The van der Waals surface area contributed by atoms with Gasteiger partial charge in [0, 0.05) is 5.92 Å². The molecule has 21 heavy (non-hydrogen) atoms. The van der Waals surface area contributed by atoms with E-state index in [-0.39, 0.29) is 18.1 Å². The Morgan fingerprint density at radius 3 is 2.19 bits per heavy atom. The lowest BCUT2D eigenvalue weighted by Crippen LogP contribution is -2.59. The number of fused-ring (bicyclic) bond motifs is 2. The first-order chi connectivity index (χ1) is 9.97. The second-order valence-electron chi connectivity index (χ2n) is 8.47. The van der Waals surface area contributed by atoms with Gasteiger partial charge in [-0.2, -0.15) is 0 Å². The van der Waals surface area contributed by atoms with Crippen molar-refractivity contribution in [2.45, 2.75) is 72.0 Å². The molecule has 0 spiro atoms. The number of aliphatic hydroxyl groups is 2. The number of aliphatic hydroxyl groups excluding tert-OH is 2. The van der Waals surface area contributed by atoms with Crippen molar-refractivity contribution >= 4 is 0 Å². The molecule has 3 saturated carbocycles. The molecule has 0 aliphatic heterocycles. The maximum Gasteiger partial charge on any atom is 0.0626 e.